The van der Waals surface area contributed by atoms with Crippen LogP contribution in [0, 0.1) is 0 Å². The van der Waals surface area contributed by atoms with Gasteiger partial charge in [-0.15, -0.1) is 5.11 Å². The molecule has 19 heavy (non-hydrogen) atoms. The third-order valence-corrected chi connectivity index (χ3v) is 2.30. The molecule has 0 saturated heterocycles. The number of hydrogen-bond acceptors (Lipinski definition) is 4. The molecule has 2 aromatic rings. The summed E-state index contributed by atoms with van der Waals surface area (Å²) in [6.45, 7) is 0. The predicted octanol–water partition coefficient (Wildman–Crippen LogP) is 2.26. The van der Waals surface area contributed by atoms with Crippen LogP contribution in [-0.2, 0) is 0 Å². The van der Waals surface area contributed by atoms with Crippen LogP contribution in [0.4, 0.5) is 11.4 Å². The number of nitrogens with zero attached hydrogens (tertiary/aromatic N) is 2. The number of azo groups is 1. The van der Waals surface area contributed by atoms with Gasteiger partial charge in [-0.25, -0.2) is 0 Å². The summed E-state index contributed by atoms with van der Waals surface area (Å²) in [5.41, 5.74) is 6.03. The van der Waals surface area contributed by atoms with E-state index in [1.165, 1.54) is 18.2 Å². The summed E-state index contributed by atoms with van der Waals surface area (Å²) in [5, 5.41) is 17.5. The molecule has 0 aliphatic rings. The van der Waals surface area contributed by atoms with Gasteiger partial charge < -0.3 is 10.8 Å². The van der Waals surface area contributed by atoms with E-state index >= 15 is 0 Å². The van der Waals surface area contributed by atoms with E-state index in [0.29, 0.717) is 5.69 Å². The predicted molar refractivity (Wildman–Crippen MR) is 74.4 cm³/mol. The van der Waals surface area contributed by atoms with E-state index in [0.717, 1.165) is 0 Å². The van der Waals surface area contributed by atoms with Crippen LogP contribution in [0.1, 0.15) is 10.4 Å². The summed E-state index contributed by atoms with van der Waals surface area (Å²) in [6.07, 6.45) is 0. The third kappa shape index (κ3) is 3.89. The molecule has 0 aromatic heterocycles. The van der Waals surface area contributed by atoms with Gasteiger partial charge in [-0.3, -0.25) is 4.79 Å². The Balaban J connectivity index is 0.00000180. The van der Waals surface area contributed by atoms with Crippen molar-refractivity contribution in [1.29, 1.82) is 0 Å². The van der Waals surface area contributed by atoms with Crippen LogP contribution in [-0.4, -0.2) is 40.6 Å². The van der Waals surface area contributed by atoms with Crippen molar-refractivity contribution in [3.8, 4) is 5.75 Å². The minimum absolute atomic E-state index is 0. The second kappa shape index (κ2) is 7.04. The van der Waals surface area contributed by atoms with Crippen molar-refractivity contribution in [2.24, 2.45) is 16.0 Å². The van der Waals surface area contributed by atoms with Crippen LogP contribution >= 0.6 is 0 Å². The molecule has 1 amide bonds. The zero-order chi connectivity index (χ0) is 13.0. The molecule has 0 unspecified atom stereocenters. The van der Waals surface area contributed by atoms with Gasteiger partial charge in [-0.05, 0) is 24.3 Å². The molecule has 2 rings (SSSR count). The molecule has 2 aromatic carbocycles. The third-order valence-electron chi connectivity index (χ3n) is 2.30. The molecule has 0 radical (unpaired) electrons. The molecular weight excluding hydrogens is 253 g/mol. The number of carbonyl (C=O) groups is 1. The van der Waals surface area contributed by atoms with Crippen molar-refractivity contribution in [2.45, 2.75) is 0 Å². The summed E-state index contributed by atoms with van der Waals surface area (Å²) in [6, 6.07) is 13.4. The summed E-state index contributed by atoms with van der Waals surface area (Å²) in [7, 11) is 0. The van der Waals surface area contributed by atoms with Gasteiger partial charge in [0.15, 0.2) is 0 Å². The molecule has 0 heterocycles. The van der Waals surface area contributed by atoms with Crippen LogP contribution in [0.3, 0.4) is 0 Å². The molecular formula is C13H12N3NaO2. The first kappa shape index (κ1) is 15.4. The molecule has 5 nitrogen and oxygen atoms in total. The van der Waals surface area contributed by atoms with Crippen molar-refractivity contribution in [2.75, 3.05) is 0 Å². The Morgan fingerprint density at radius 3 is 2.32 bits per heavy atom. The number of phenolic OH excluding ortho intramolecular Hbond substituents is 1. The van der Waals surface area contributed by atoms with Gasteiger partial charge in [0.1, 0.15) is 11.4 Å². The van der Waals surface area contributed by atoms with E-state index < -0.39 is 5.91 Å². The Morgan fingerprint density at radius 2 is 1.68 bits per heavy atom. The molecule has 92 valence electrons. The minimum atomic E-state index is -0.659. The Morgan fingerprint density at radius 1 is 1.00 bits per heavy atom. The van der Waals surface area contributed by atoms with Crippen LogP contribution in [0.5, 0.6) is 5.75 Å². The fourth-order valence-corrected chi connectivity index (χ4v) is 1.44. The molecule has 0 aliphatic carbocycles. The fourth-order valence-electron chi connectivity index (χ4n) is 1.44. The van der Waals surface area contributed by atoms with Crippen molar-refractivity contribution in [1.82, 2.24) is 0 Å². The van der Waals surface area contributed by atoms with Crippen LogP contribution in [0.25, 0.3) is 0 Å². The van der Waals surface area contributed by atoms with Gasteiger partial charge in [0.05, 0.1) is 11.3 Å². The quantitative estimate of drug-likeness (QED) is 0.658. The maximum atomic E-state index is 11.2. The number of hydrogen-bond donors (Lipinski definition) is 2. The standard InChI is InChI=1S/C13H11N3O2.Na.H/c14-13(18)10-7-4-8-11(17)12(10)16-15-9-5-2-1-3-6-9;;/h1-8,17H,(H2,14,18);;. The summed E-state index contributed by atoms with van der Waals surface area (Å²) >= 11 is 0. The normalized spacial score (nSPS) is 10.1. The summed E-state index contributed by atoms with van der Waals surface area (Å²) in [5.74, 6) is -0.793. The van der Waals surface area contributed by atoms with Gasteiger partial charge in [0, 0.05) is 0 Å². The average Bonchev–Trinajstić information content (AvgIpc) is 2.38. The molecule has 0 saturated carbocycles. The number of nitrogens with two attached hydrogens (primary N) is 1. The Kier molecular flexibility index (Phi) is 5.69. The fraction of sp³-hybridized carbons (Fsp3) is 0. The maximum absolute atomic E-state index is 11.2. The van der Waals surface area contributed by atoms with Gasteiger partial charge >= 0.3 is 29.6 Å². The number of rotatable bonds is 3. The summed E-state index contributed by atoms with van der Waals surface area (Å²) < 4.78 is 0. The molecule has 0 fully saturated rings. The molecule has 0 atom stereocenters. The monoisotopic (exact) mass is 265 g/mol. The number of carbonyl (C=O) groups excluding carboxylic acids is 1. The van der Waals surface area contributed by atoms with Gasteiger partial charge in [-0.1, -0.05) is 24.3 Å². The van der Waals surface area contributed by atoms with Crippen molar-refractivity contribution < 1.29 is 9.90 Å². The van der Waals surface area contributed by atoms with Crippen LogP contribution in [0.15, 0.2) is 58.8 Å². The number of phenols is 1. The van der Waals surface area contributed by atoms with Gasteiger partial charge in [-0.2, -0.15) is 5.11 Å². The average molecular weight is 265 g/mol. The second-order valence-corrected chi connectivity index (χ2v) is 3.57. The Labute approximate surface area is 132 Å². The molecule has 0 spiro atoms. The van der Waals surface area contributed by atoms with E-state index in [-0.39, 0.29) is 46.6 Å². The topological polar surface area (TPSA) is 88.0 Å². The molecule has 3 N–H and O–H groups in total. The van der Waals surface area contributed by atoms with Gasteiger partial charge in [0.2, 0.25) is 0 Å². The Bertz CT molecular complexity index is 600. The zero-order valence-electron chi connectivity index (χ0n) is 9.45. The first-order chi connectivity index (χ1) is 8.68. The number of primary amides is 1. The number of aromatic hydroxyl groups is 1. The van der Waals surface area contributed by atoms with Crippen LogP contribution < -0.4 is 5.73 Å². The van der Waals surface area contributed by atoms with Gasteiger partial charge in [0.25, 0.3) is 5.91 Å². The molecule has 0 aliphatic heterocycles. The van der Waals surface area contributed by atoms with E-state index in [2.05, 4.69) is 10.2 Å². The molecule has 6 heteroatoms. The van der Waals surface area contributed by atoms with E-state index in [1.807, 2.05) is 18.2 Å². The van der Waals surface area contributed by atoms with Crippen LogP contribution in [0.2, 0.25) is 0 Å². The second-order valence-electron chi connectivity index (χ2n) is 3.57. The van der Waals surface area contributed by atoms with Crippen molar-refractivity contribution in [3.05, 3.63) is 54.1 Å². The first-order valence-corrected chi connectivity index (χ1v) is 5.27. The van der Waals surface area contributed by atoms with E-state index in [9.17, 15) is 9.90 Å². The summed E-state index contributed by atoms with van der Waals surface area (Å²) in [4.78, 5) is 11.2. The Hall–Kier alpha value is -1.69. The zero-order valence-corrected chi connectivity index (χ0v) is 9.45. The first-order valence-electron chi connectivity index (χ1n) is 5.27. The number of benzene rings is 2. The number of amides is 1. The van der Waals surface area contributed by atoms with E-state index in [1.54, 1.807) is 12.1 Å². The SMILES string of the molecule is NC(=O)c1cccc(O)c1N=Nc1ccccc1.[NaH]. The van der Waals surface area contributed by atoms with Crippen molar-refractivity contribution >= 4 is 46.8 Å². The van der Waals surface area contributed by atoms with E-state index in [4.69, 9.17) is 5.73 Å². The van der Waals surface area contributed by atoms with Crippen molar-refractivity contribution in [3.63, 3.8) is 0 Å². The molecule has 0 bridgehead atoms.